The van der Waals surface area contributed by atoms with E-state index in [1.165, 1.54) is 6.21 Å². The molecule has 0 saturated heterocycles. The number of carbonyl (C=O) groups is 1. The van der Waals surface area contributed by atoms with Crippen LogP contribution in [0, 0.1) is 11.3 Å². The van der Waals surface area contributed by atoms with E-state index >= 15 is 0 Å². The van der Waals surface area contributed by atoms with Crippen molar-refractivity contribution in [3.05, 3.63) is 0 Å². The first-order chi connectivity index (χ1) is 5.72. The molecule has 1 aliphatic rings. The van der Waals surface area contributed by atoms with Crippen LogP contribution in [-0.4, -0.2) is 18.2 Å². The van der Waals surface area contributed by atoms with E-state index in [1.54, 1.807) is 0 Å². The third kappa shape index (κ3) is 3.51. The first-order valence-corrected chi connectivity index (χ1v) is 4.50. The lowest BCUT2D eigenvalue weighted by Crippen LogP contribution is -2.26. The molecule has 3 heteroatoms. The van der Waals surface area contributed by atoms with E-state index in [9.17, 15) is 4.79 Å². The smallest absolute Gasteiger partial charge is 0.220 e. The van der Waals surface area contributed by atoms with E-state index in [1.807, 2.05) is 6.92 Å². The molecule has 1 atom stereocenters. The minimum atomic E-state index is 0.145. The molecule has 0 unspecified atom stereocenters. The monoisotopic (exact) mass is 168 g/mol. The first kappa shape index (κ1) is 9.23. The second kappa shape index (κ2) is 4.24. The Morgan fingerprint density at radius 2 is 2.42 bits per heavy atom. The van der Waals surface area contributed by atoms with Crippen LogP contribution in [0.3, 0.4) is 0 Å². The van der Waals surface area contributed by atoms with Crippen molar-refractivity contribution in [2.45, 2.75) is 38.6 Å². The summed E-state index contributed by atoms with van der Waals surface area (Å²) in [5, 5.41) is 9.80. The number of nitrogens with one attached hydrogen (secondary N) is 2. The molecule has 0 aromatic heterocycles. The predicted octanol–water partition coefficient (Wildman–Crippen LogP) is 1.33. The molecule has 1 amide bonds. The van der Waals surface area contributed by atoms with Crippen LogP contribution in [0.15, 0.2) is 0 Å². The molecule has 1 fully saturated rings. The zero-order valence-corrected chi connectivity index (χ0v) is 7.47. The van der Waals surface area contributed by atoms with Crippen LogP contribution in [-0.2, 0) is 4.79 Å². The summed E-state index contributed by atoms with van der Waals surface area (Å²) in [6.07, 6.45) is 4.93. The van der Waals surface area contributed by atoms with Crippen molar-refractivity contribution in [2.24, 2.45) is 5.92 Å². The average molecular weight is 168 g/mol. The Morgan fingerprint density at radius 1 is 1.75 bits per heavy atom. The zero-order chi connectivity index (χ0) is 8.97. The summed E-state index contributed by atoms with van der Waals surface area (Å²) in [5.41, 5.74) is 0. The van der Waals surface area contributed by atoms with Crippen molar-refractivity contribution >= 4 is 12.1 Å². The van der Waals surface area contributed by atoms with E-state index in [0.29, 0.717) is 24.8 Å². The van der Waals surface area contributed by atoms with Crippen molar-refractivity contribution < 1.29 is 4.79 Å². The average Bonchev–Trinajstić information content (AvgIpc) is 2.71. The normalized spacial score (nSPS) is 18.4. The highest BCUT2D eigenvalue weighted by atomic mass is 16.1. The van der Waals surface area contributed by atoms with Crippen LogP contribution in [0.1, 0.15) is 32.6 Å². The van der Waals surface area contributed by atoms with Crippen molar-refractivity contribution in [1.29, 1.82) is 5.41 Å². The summed E-state index contributed by atoms with van der Waals surface area (Å²) in [7, 11) is 0. The van der Waals surface area contributed by atoms with Gasteiger partial charge in [-0.1, -0.05) is 6.92 Å². The van der Waals surface area contributed by atoms with Gasteiger partial charge >= 0.3 is 0 Å². The Balaban J connectivity index is 2.10. The molecule has 3 nitrogen and oxygen atoms in total. The summed E-state index contributed by atoms with van der Waals surface area (Å²) in [4.78, 5) is 11.2. The van der Waals surface area contributed by atoms with E-state index < -0.39 is 0 Å². The molecule has 0 bridgehead atoms. The van der Waals surface area contributed by atoms with Gasteiger partial charge in [-0.3, -0.25) is 4.79 Å². The van der Waals surface area contributed by atoms with E-state index in [0.717, 1.165) is 12.8 Å². The van der Waals surface area contributed by atoms with Crippen molar-refractivity contribution in [3.8, 4) is 0 Å². The third-order valence-electron chi connectivity index (χ3n) is 2.00. The second-order valence-electron chi connectivity index (χ2n) is 3.59. The van der Waals surface area contributed by atoms with Crippen LogP contribution in [0.2, 0.25) is 0 Å². The molecule has 0 aromatic rings. The number of amides is 1. The fraction of sp³-hybridized carbons (Fsp3) is 0.778. The SMILES string of the molecule is C[C@H](CC=N)CC(=O)NC1CC1. The number of carbonyl (C=O) groups excluding carboxylic acids is 1. The molecule has 1 aliphatic carbocycles. The first-order valence-electron chi connectivity index (χ1n) is 4.50. The zero-order valence-electron chi connectivity index (χ0n) is 7.47. The minimum Gasteiger partial charge on any atom is -0.353 e. The van der Waals surface area contributed by atoms with Crippen molar-refractivity contribution in [2.75, 3.05) is 0 Å². The fourth-order valence-corrected chi connectivity index (χ4v) is 1.12. The second-order valence-corrected chi connectivity index (χ2v) is 3.59. The third-order valence-corrected chi connectivity index (χ3v) is 2.00. The number of rotatable bonds is 5. The Morgan fingerprint density at radius 3 is 2.92 bits per heavy atom. The van der Waals surface area contributed by atoms with Crippen LogP contribution >= 0.6 is 0 Å². The maximum absolute atomic E-state index is 11.2. The summed E-state index contributed by atoms with van der Waals surface area (Å²) in [6, 6.07) is 0.463. The van der Waals surface area contributed by atoms with Crippen LogP contribution in [0.25, 0.3) is 0 Å². The molecule has 0 aliphatic heterocycles. The lowest BCUT2D eigenvalue weighted by molar-refractivity contribution is -0.121. The molecule has 1 rings (SSSR count). The topological polar surface area (TPSA) is 53.0 Å². The van der Waals surface area contributed by atoms with Crippen LogP contribution in [0.4, 0.5) is 0 Å². The largest absolute Gasteiger partial charge is 0.353 e. The van der Waals surface area contributed by atoms with Crippen LogP contribution < -0.4 is 5.32 Å². The van der Waals surface area contributed by atoms with Gasteiger partial charge in [-0.15, -0.1) is 0 Å². The Kier molecular flexibility index (Phi) is 3.26. The van der Waals surface area contributed by atoms with E-state index in [-0.39, 0.29) is 5.91 Å². The molecule has 2 N–H and O–H groups in total. The molecular weight excluding hydrogens is 152 g/mol. The number of hydrogen-bond acceptors (Lipinski definition) is 2. The lowest BCUT2D eigenvalue weighted by atomic mass is 10.0. The molecule has 1 saturated carbocycles. The molecule has 0 aromatic carbocycles. The Bertz CT molecular complexity index is 175. The van der Waals surface area contributed by atoms with Crippen molar-refractivity contribution in [1.82, 2.24) is 5.32 Å². The Labute approximate surface area is 73.0 Å². The van der Waals surface area contributed by atoms with Gasteiger partial charge in [0.05, 0.1) is 0 Å². The maximum atomic E-state index is 11.2. The highest BCUT2D eigenvalue weighted by molar-refractivity contribution is 5.77. The Hall–Kier alpha value is -0.860. The molecule has 0 heterocycles. The quantitative estimate of drug-likeness (QED) is 0.598. The summed E-state index contributed by atoms with van der Waals surface area (Å²) >= 11 is 0. The van der Waals surface area contributed by atoms with Gasteiger partial charge in [0.25, 0.3) is 0 Å². The molecule has 12 heavy (non-hydrogen) atoms. The fourth-order valence-electron chi connectivity index (χ4n) is 1.12. The molecule has 68 valence electrons. The molecular formula is C9H16N2O. The van der Waals surface area contributed by atoms with Gasteiger partial charge in [-0.2, -0.15) is 0 Å². The van der Waals surface area contributed by atoms with Gasteiger partial charge in [0.1, 0.15) is 0 Å². The van der Waals surface area contributed by atoms with E-state index in [2.05, 4.69) is 5.32 Å². The lowest BCUT2D eigenvalue weighted by Gasteiger charge is -2.07. The predicted molar refractivity (Wildman–Crippen MR) is 48.3 cm³/mol. The van der Waals surface area contributed by atoms with Gasteiger partial charge in [-0.05, 0) is 31.4 Å². The summed E-state index contributed by atoms with van der Waals surface area (Å²) in [5.74, 6) is 0.452. The van der Waals surface area contributed by atoms with Gasteiger partial charge in [-0.25, -0.2) is 0 Å². The summed E-state index contributed by atoms with van der Waals surface area (Å²) in [6.45, 7) is 2.00. The van der Waals surface area contributed by atoms with Crippen molar-refractivity contribution in [3.63, 3.8) is 0 Å². The van der Waals surface area contributed by atoms with Gasteiger partial charge < -0.3 is 10.7 Å². The van der Waals surface area contributed by atoms with E-state index in [4.69, 9.17) is 5.41 Å². The highest BCUT2D eigenvalue weighted by Gasteiger charge is 2.23. The highest BCUT2D eigenvalue weighted by Crippen LogP contribution is 2.19. The van der Waals surface area contributed by atoms with Gasteiger partial charge in [0.15, 0.2) is 0 Å². The molecule has 0 spiro atoms. The molecule has 0 radical (unpaired) electrons. The van der Waals surface area contributed by atoms with Gasteiger partial charge in [0.2, 0.25) is 5.91 Å². The standard InChI is InChI=1S/C9H16N2O/c1-7(4-5-10)6-9(12)11-8-2-3-8/h5,7-8,10H,2-4,6H2,1H3,(H,11,12)/t7-/m1/s1. The van der Waals surface area contributed by atoms with Crippen LogP contribution in [0.5, 0.6) is 0 Å². The number of hydrogen-bond donors (Lipinski definition) is 2. The summed E-state index contributed by atoms with van der Waals surface area (Å²) < 4.78 is 0. The minimum absolute atomic E-state index is 0.145. The van der Waals surface area contributed by atoms with Gasteiger partial charge in [0, 0.05) is 12.5 Å². The maximum Gasteiger partial charge on any atom is 0.220 e.